The number of rotatable bonds is 7. The van der Waals surface area contributed by atoms with Crippen LogP contribution in [0.3, 0.4) is 0 Å². The molecule has 5 nitrogen and oxygen atoms in total. The van der Waals surface area contributed by atoms with Crippen molar-refractivity contribution in [3.05, 3.63) is 69.9 Å². The van der Waals surface area contributed by atoms with Crippen molar-refractivity contribution < 1.29 is 9.53 Å². The first-order valence-corrected chi connectivity index (χ1v) is 11.2. The van der Waals surface area contributed by atoms with Gasteiger partial charge >= 0.3 is 5.97 Å². The Hall–Kier alpha value is -2.57. The van der Waals surface area contributed by atoms with Crippen LogP contribution in [0.15, 0.2) is 47.4 Å². The SMILES string of the molecule is COC(=O)c1cccc(SNc2nc(Cl)c(C)c(-c3c(C)cccc3CC(C)C)n2)c1. The lowest BCUT2D eigenvalue weighted by molar-refractivity contribution is 0.0600. The second-order valence-electron chi connectivity index (χ2n) is 7.74. The molecule has 0 aliphatic carbocycles. The summed E-state index contributed by atoms with van der Waals surface area (Å²) in [6.07, 6.45) is 0.954. The number of aromatic nitrogens is 2. The first-order valence-electron chi connectivity index (χ1n) is 10.0. The summed E-state index contributed by atoms with van der Waals surface area (Å²) >= 11 is 7.80. The van der Waals surface area contributed by atoms with Gasteiger partial charge in [0.25, 0.3) is 0 Å². The smallest absolute Gasteiger partial charge is 0.337 e. The maximum atomic E-state index is 11.8. The normalized spacial score (nSPS) is 10.9. The number of anilines is 1. The number of esters is 1. The number of carbonyl (C=O) groups is 1. The van der Waals surface area contributed by atoms with Crippen LogP contribution in [0, 0.1) is 19.8 Å². The fraction of sp³-hybridized carbons (Fsp3) is 0.292. The molecular formula is C24H26ClN3O2S. The van der Waals surface area contributed by atoms with E-state index in [-0.39, 0.29) is 5.97 Å². The van der Waals surface area contributed by atoms with Crippen molar-refractivity contribution in [1.82, 2.24) is 9.97 Å². The Morgan fingerprint density at radius 1 is 1.16 bits per heavy atom. The van der Waals surface area contributed by atoms with E-state index in [4.69, 9.17) is 21.3 Å². The number of benzene rings is 2. The minimum absolute atomic E-state index is 0.378. The number of halogens is 1. The molecule has 0 aliphatic rings. The molecule has 0 saturated heterocycles. The summed E-state index contributed by atoms with van der Waals surface area (Å²) < 4.78 is 7.95. The second kappa shape index (κ2) is 10.2. The fourth-order valence-electron chi connectivity index (χ4n) is 3.36. The van der Waals surface area contributed by atoms with Gasteiger partial charge in [-0.05, 0) is 67.5 Å². The van der Waals surface area contributed by atoms with Gasteiger partial charge in [0.2, 0.25) is 5.95 Å². The van der Waals surface area contributed by atoms with E-state index in [1.807, 2.05) is 13.0 Å². The predicted octanol–water partition coefficient (Wildman–Crippen LogP) is 6.52. The third kappa shape index (κ3) is 5.57. The van der Waals surface area contributed by atoms with Crippen LogP contribution in [-0.2, 0) is 11.2 Å². The van der Waals surface area contributed by atoms with Crippen LogP contribution in [0.1, 0.15) is 40.9 Å². The number of aryl methyl sites for hydroxylation is 1. The predicted molar refractivity (Wildman–Crippen MR) is 128 cm³/mol. The standard InChI is InChI=1S/C24H26ClN3O2S/c1-14(2)12-17-9-6-8-15(3)20(17)21-16(4)22(25)27-24(26-21)28-31-19-11-7-10-18(13-19)23(29)30-5/h6-11,13-14H,12H2,1-5H3,(H,26,27,28). The molecule has 0 atom stereocenters. The van der Waals surface area contributed by atoms with E-state index in [9.17, 15) is 4.79 Å². The molecular weight excluding hydrogens is 430 g/mol. The van der Waals surface area contributed by atoms with E-state index in [0.29, 0.717) is 22.6 Å². The van der Waals surface area contributed by atoms with Crippen molar-refractivity contribution >= 4 is 35.5 Å². The Morgan fingerprint density at radius 3 is 2.61 bits per heavy atom. The Morgan fingerprint density at radius 2 is 1.90 bits per heavy atom. The van der Waals surface area contributed by atoms with E-state index in [1.54, 1.807) is 18.2 Å². The number of methoxy groups -OCH3 is 1. The molecule has 0 unspecified atom stereocenters. The molecule has 31 heavy (non-hydrogen) atoms. The van der Waals surface area contributed by atoms with Gasteiger partial charge in [0.1, 0.15) is 5.15 Å². The molecule has 2 aromatic carbocycles. The van der Waals surface area contributed by atoms with Crippen LogP contribution in [0.25, 0.3) is 11.3 Å². The van der Waals surface area contributed by atoms with Gasteiger partial charge in [-0.3, -0.25) is 4.72 Å². The fourth-order valence-corrected chi connectivity index (χ4v) is 4.17. The van der Waals surface area contributed by atoms with Crippen LogP contribution >= 0.6 is 23.5 Å². The Bertz CT molecular complexity index is 1100. The number of hydrogen-bond acceptors (Lipinski definition) is 6. The highest BCUT2D eigenvalue weighted by Gasteiger charge is 2.17. The molecule has 1 N–H and O–H groups in total. The van der Waals surface area contributed by atoms with E-state index < -0.39 is 0 Å². The third-order valence-electron chi connectivity index (χ3n) is 4.83. The molecule has 162 valence electrons. The molecule has 0 amide bonds. The average Bonchev–Trinajstić information content (AvgIpc) is 2.74. The van der Waals surface area contributed by atoms with E-state index in [2.05, 4.69) is 48.7 Å². The number of nitrogens with one attached hydrogen (secondary N) is 1. The summed E-state index contributed by atoms with van der Waals surface area (Å²) in [5.41, 5.74) is 5.68. The summed E-state index contributed by atoms with van der Waals surface area (Å²) in [4.78, 5) is 21.8. The van der Waals surface area contributed by atoms with Crippen molar-refractivity contribution in [2.45, 2.75) is 39.0 Å². The molecule has 0 spiro atoms. The van der Waals surface area contributed by atoms with Gasteiger partial charge < -0.3 is 4.74 Å². The summed E-state index contributed by atoms with van der Waals surface area (Å²) in [5, 5.41) is 0.412. The van der Waals surface area contributed by atoms with Gasteiger partial charge in [-0.25, -0.2) is 14.8 Å². The van der Waals surface area contributed by atoms with Gasteiger partial charge in [-0.1, -0.05) is 49.7 Å². The molecule has 0 radical (unpaired) electrons. The van der Waals surface area contributed by atoms with Gasteiger partial charge in [0.15, 0.2) is 0 Å². The van der Waals surface area contributed by atoms with Gasteiger partial charge in [0.05, 0.1) is 18.4 Å². The zero-order valence-corrected chi connectivity index (χ0v) is 19.9. The highest BCUT2D eigenvalue weighted by atomic mass is 35.5. The lowest BCUT2D eigenvalue weighted by atomic mass is 9.91. The largest absolute Gasteiger partial charge is 0.465 e. The molecule has 1 aromatic heterocycles. The lowest BCUT2D eigenvalue weighted by Gasteiger charge is -2.17. The summed E-state index contributed by atoms with van der Waals surface area (Å²) in [7, 11) is 1.36. The topological polar surface area (TPSA) is 64.1 Å². The van der Waals surface area contributed by atoms with Crippen LogP contribution in [-0.4, -0.2) is 23.0 Å². The molecule has 1 heterocycles. The zero-order chi connectivity index (χ0) is 22.5. The monoisotopic (exact) mass is 455 g/mol. The molecule has 3 rings (SSSR count). The molecule has 0 saturated carbocycles. The summed E-state index contributed by atoms with van der Waals surface area (Å²) in [6.45, 7) is 8.45. The first kappa shape index (κ1) is 23.1. The van der Waals surface area contributed by atoms with Crippen LogP contribution in [0.2, 0.25) is 5.15 Å². The quantitative estimate of drug-likeness (QED) is 0.248. The minimum Gasteiger partial charge on any atom is -0.465 e. The van der Waals surface area contributed by atoms with Gasteiger partial charge in [0, 0.05) is 16.0 Å². The van der Waals surface area contributed by atoms with E-state index >= 15 is 0 Å². The number of nitrogens with zero attached hydrogens (tertiary/aromatic N) is 2. The molecule has 3 aromatic rings. The Balaban J connectivity index is 1.94. The van der Waals surface area contributed by atoms with Crippen molar-refractivity contribution in [1.29, 1.82) is 0 Å². The molecule has 0 bridgehead atoms. The molecule has 7 heteroatoms. The Kier molecular flexibility index (Phi) is 7.57. The van der Waals surface area contributed by atoms with E-state index in [0.717, 1.165) is 33.7 Å². The third-order valence-corrected chi connectivity index (χ3v) is 5.97. The molecule has 0 aliphatic heterocycles. The van der Waals surface area contributed by atoms with E-state index in [1.165, 1.54) is 24.6 Å². The first-order chi connectivity index (χ1) is 14.8. The highest BCUT2D eigenvalue weighted by Crippen LogP contribution is 2.34. The Labute approximate surface area is 192 Å². The summed E-state index contributed by atoms with van der Waals surface area (Å²) in [6, 6.07) is 13.5. The zero-order valence-electron chi connectivity index (χ0n) is 18.3. The van der Waals surface area contributed by atoms with Crippen LogP contribution < -0.4 is 4.72 Å². The highest BCUT2D eigenvalue weighted by molar-refractivity contribution is 8.00. The second-order valence-corrected chi connectivity index (χ2v) is 8.98. The van der Waals surface area contributed by atoms with Crippen molar-refractivity contribution in [2.75, 3.05) is 11.8 Å². The average molecular weight is 456 g/mol. The van der Waals surface area contributed by atoms with Crippen molar-refractivity contribution in [3.63, 3.8) is 0 Å². The maximum Gasteiger partial charge on any atom is 0.337 e. The minimum atomic E-state index is -0.378. The maximum absolute atomic E-state index is 11.8. The van der Waals surface area contributed by atoms with Gasteiger partial charge in [-0.2, -0.15) is 0 Å². The van der Waals surface area contributed by atoms with Crippen LogP contribution in [0.5, 0.6) is 0 Å². The van der Waals surface area contributed by atoms with Crippen molar-refractivity contribution in [3.8, 4) is 11.3 Å². The lowest BCUT2D eigenvalue weighted by Crippen LogP contribution is -2.05. The van der Waals surface area contributed by atoms with Gasteiger partial charge in [-0.15, -0.1) is 0 Å². The summed E-state index contributed by atoms with van der Waals surface area (Å²) in [5.74, 6) is 0.558. The number of carbonyl (C=O) groups excluding carboxylic acids is 1. The van der Waals surface area contributed by atoms with Crippen LogP contribution in [0.4, 0.5) is 5.95 Å². The van der Waals surface area contributed by atoms with Crippen molar-refractivity contribution in [2.24, 2.45) is 5.92 Å². The number of hydrogen-bond donors (Lipinski definition) is 1. The molecule has 0 fully saturated rings. The number of ether oxygens (including phenoxy) is 1.